The highest BCUT2D eigenvalue weighted by molar-refractivity contribution is 5.78. The summed E-state index contributed by atoms with van der Waals surface area (Å²) in [5.74, 6) is 0.193. The molecule has 124 valence electrons. The maximum Gasteiger partial charge on any atom is 0.222 e. The molecule has 0 radical (unpaired) electrons. The van der Waals surface area contributed by atoms with Crippen LogP contribution in [-0.4, -0.2) is 48.2 Å². The van der Waals surface area contributed by atoms with Crippen molar-refractivity contribution in [2.75, 3.05) is 31.1 Å². The number of aliphatic hydroxyl groups excluding tert-OH is 1. The van der Waals surface area contributed by atoms with E-state index < -0.39 is 6.10 Å². The van der Waals surface area contributed by atoms with E-state index in [1.807, 2.05) is 4.90 Å². The van der Waals surface area contributed by atoms with E-state index in [-0.39, 0.29) is 5.91 Å². The molecule has 23 heavy (non-hydrogen) atoms. The Labute approximate surface area is 138 Å². The summed E-state index contributed by atoms with van der Waals surface area (Å²) in [4.78, 5) is 15.9. The number of para-hydroxylation sites is 1. The fraction of sp³-hybridized carbons (Fsp3) is 0.632. The van der Waals surface area contributed by atoms with Crippen LogP contribution in [0.5, 0.6) is 0 Å². The number of rotatable bonds is 4. The first-order chi connectivity index (χ1) is 11.2. The van der Waals surface area contributed by atoms with Gasteiger partial charge in [0.1, 0.15) is 0 Å². The minimum absolute atomic E-state index is 0.193. The number of hydrogen-bond acceptors (Lipinski definition) is 3. The molecule has 1 saturated heterocycles. The average molecular weight is 314 g/mol. The second-order valence-corrected chi connectivity index (χ2v) is 7.48. The zero-order valence-corrected chi connectivity index (χ0v) is 13.7. The highest BCUT2D eigenvalue weighted by Gasteiger charge is 2.44. The molecule has 4 nitrogen and oxygen atoms in total. The molecule has 1 saturated carbocycles. The van der Waals surface area contributed by atoms with Gasteiger partial charge in [-0.15, -0.1) is 0 Å². The van der Waals surface area contributed by atoms with E-state index >= 15 is 0 Å². The van der Waals surface area contributed by atoms with Crippen LogP contribution in [0.25, 0.3) is 0 Å². The number of amides is 1. The molecule has 1 aromatic carbocycles. The normalized spacial score (nSPS) is 23.8. The largest absolute Gasteiger partial charge is 0.389 e. The Balaban J connectivity index is 1.48. The molecule has 2 fully saturated rings. The van der Waals surface area contributed by atoms with Crippen LogP contribution in [0.1, 0.15) is 44.1 Å². The second-order valence-electron chi connectivity index (χ2n) is 7.48. The number of likely N-dealkylation sites (tertiary alicyclic amines) is 1. The number of hydrogen-bond donors (Lipinski definition) is 1. The predicted molar refractivity (Wildman–Crippen MR) is 90.6 cm³/mol. The summed E-state index contributed by atoms with van der Waals surface area (Å²) in [6.45, 7) is 2.93. The van der Waals surface area contributed by atoms with E-state index in [4.69, 9.17) is 0 Å². The average Bonchev–Trinajstić information content (AvgIpc) is 3.24. The Bertz CT molecular complexity index is 595. The van der Waals surface area contributed by atoms with Gasteiger partial charge in [-0.1, -0.05) is 31.0 Å². The van der Waals surface area contributed by atoms with Gasteiger partial charge in [0.15, 0.2) is 0 Å². The molecule has 2 aliphatic heterocycles. The predicted octanol–water partition coefficient (Wildman–Crippen LogP) is 2.30. The van der Waals surface area contributed by atoms with Crippen LogP contribution in [0.3, 0.4) is 0 Å². The molecule has 1 aliphatic carbocycles. The molecule has 0 unspecified atom stereocenters. The first-order valence-corrected chi connectivity index (χ1v) is 8.98. The third-order valence-electron chi connectivity index (χ3n) is 5.90. The standard InChI is InChI=1S/C19H26N2O2/c22-15(12-20-11-5-8-18(20)23)13-21-14-19(9-3-4-10-19)16-6-1-2-7-17(16)21/h1-2,6-7,15,22H,3-5,8-14H2/t15-/m1/s1. The molecule has 1 spiro atoms. The molecule has 1 N–H and O–H groups in total. The van der Waals surface area contributed by atoms with Crippen LogP contribution in [0, 0.1) is 0 Å². The van der Waals surface area contributed by atoms with Gasteiger partial charge in [0, 0.05) is 43.7 Å². The molecule has 4 rings (SSSR count). The summed E-state index contributed by atoms with van der Waals surface area (Å²) in [5.41, 5.74) is 3.07. The van der Waals surface area contributed by atoms with E-state index in [9.17, 15) is 9.90 Å². The summed E-state index contributed by atoms with van der Waals surface area (Å²) < 4.78 is 0. The molecular weight excluding hydrogens is 288 g/mol. The Morgan fingerprint density at radius 2 is 1.83 bits per heavy atom. The minimum atomic E-state index is -0.471. The van der Waals surface area contributed by atoms with Crippen molar-refractivity contribution >= 4 is 11.6 Å². The van der Waals surface area contributed by atoms with E-state index in [1.54, 1.807) is 0 Å². The molecule has 2 heterocycles. The van der Waals surface area contributed by atoms with Gasteiger partial charge in [-0.2, -0.15) is 0 Å². The molecule has 4 heteroatoms. The van der Waals surface area contributed by atoms with Crippen molar-refractivity contribution in [2.24, 2.45) is 0 Å². The number of nitrogens with zero attached hydrogens (tertiary/aromatic N) is 2. The molecule has 1 aromatic rings. The molecule has 1 amide bonds. The van der Waals surface area contributed by atoms with Gasteiger partial charge in [-0.3, -0.25) is 4.79 Å². The number of anilines is 1. The van der Waals surface area contributed by atoms with Crippen molar-refractivity contribution in [3.8, 4) is 0 Å². The molecule has 1 atom stereocenters. The van der Waals surface area contributed by atoms with Gasteiger partial charge in [-0.05, 0) is 30.9 Å². The zero-order chi connectivity index (χ0) is 15.9. The fourth-order valence-corrected chi connectivity index (χ4v) is 4.84. The van der Waals surface area contributed by atoms with Crippen molar-refractivity contribution in [3.63, 3.8) is 0 Å². The van der Waals surface area contributed by atoms with Gasteiger partial charge < -0.3 is 14.9 Å². The van der Waals surface area contributed by atoms with E-state index in [2.05, 4.69) is 29.2 Å². The van der Waals surface area contributed by atoms with Crippen LogP contribution in [0.4, 0.5) is 5.69 Å². The Hall–Kier alpha value is -1.55. The fourth-order valence-electron chi connectivity index (χ4n) is 4.84. The number of β-amino-alcohol motifs (C(OH)–C–C–N with tert-alkyl or cyclic N) is 1. The SMILES string of the molecule is O=C1CCCN1C[C@@H](O)CN1CC2(CCCC2)c2ccccc21. The third-order valence-corrected chi connectivity index (χ3v) is 5.90. The topological polar surface area (TPSA) is 43.8 Å². The van der Waals surface area contributed by atoms with Gasteiger partial charge in [-0.25, -0.2) is 0 Å². The van der Waals surface area contributed by atoms with Gasteiger partial charge in [0.25, 0.3) is 0 Å². The first kappa shape index (κ1) is 15.0. The Morgan fingerprint density at radius 3 is 2.57 bits per heavy atom. The number of aliphatic hydroxyl groups is 1. The van der Waals surface area contributed by atoms with Crippen LogP contribution in [-0.2, 0) is 10.2 Å². The quantitative estimate of drug-likeness (QED) is 0.927. The van der Waals surface area contributed by atoms with E-state index in [0.717, 1.165) is 19.5 Å². The van der Waals surface area contributed by atoms with Gasteiger partial charge in [0.2, 0.25) is 5.91 Å². The Kier molecular flexibility index (Phi) is 3.80. The maximum atomic E-state index is 11.8. The Morgan fingerprint density at radius 1 is 1.09 bits per heavy atom. The van der Waals surface area contributed by atoms with Crippen LogP contribution in [0.2, 0.25) is 0 Å². The molecule has 0 aromatic heterocycles. The zero-order valence-electron chi connectivity index (χ0n) is 13.7. The maximum absolute atomic E-state index is 11.8. The lowest BCUT2D eigenvalue weighted by Crippen LogP contribution is -2.42. The summed E-state index contributed by atoms with van der Waals surface area (Å²) >= 11 is 0. The van der Waals surface area contributed by atoms with Crippen molar-refractivity contribution in [1.82, 2.24) is 4.90 Å². The summed E-state index contributed by atoms with van der Waals surface area (Å²) in [6, 6.07) is 8.70. The number of carbonyl (C=O) groups is 1. The first-order valence-electron chi connectivity index (χ1n) is 8.98. The lowest BCUT2D eigenvalue weighted by molar-refractivity contribution is -0.128. The number of fused-ring (bicyclic) bond motifs is 2. The highest BCUT2D eigenvalue weighted by atomic mass is 16.3. The van der Waals surface area contributed by atoms with Gasteiger partial charge in [0.05, 0.1) is 6.10 Å². The monoisotopic (exact) mass is 314 g/mol. The van der Waals surface area contributed by atoms with Crippen LogP contribution >= 0.6 is 0 Å². The van der Waals surface area contributed by atoms with E-state index in [1.165, 1.54) is 36.9 Å². The van der Waals surface area contributed by atoms with Crippen molar-refractivity contribution in [3.05, 3.63) is 29.8 Å². The lowest BCUT2D eigenvalue weighted by Gasteiger charge is -2.28. The number of benzene rings is 1. The van der Waals surface area contributed by atoms with Crippen molar-refractivity contribution < 1.29 is 9.90 Å². The third kappa shape index (κ3) is 2.63. The smallest absolute Gasteiger partial charge is 0.222 e. The molecular formula is C19H26N2O2. The van der Waals surface area contributed by atoms with Crippen molar-refractivity contribution in [1.29, 1.82) is 0 Å². The second kappa shape index (κ2) is 5.82. The molecule has 0 bridgehead atoms. The summed E-state index contributed by atoms with van der Waals surface area (Å²) in [5, 5.41) is 10.5. The minimum Gasteiger partial charge on any atom is -0.389 e. The lowest BCUT2D eigenvalue weighted by atomic mass is 9.81. The summed E-state index contributed by atoms with van der Waals surface area (Å²) in [7, 11) is 0. The summed E-state index contributed by atoms with van der Waals surface area (Å²) in [6.07, 6.45) is 6.26. The van der Waals surface area contributed by atoms with Gasteiger partial charge >= 0.3 is 0 Å². The van der Waals surface area contributed by atoms with Crippen LogP contribution in [0.15, 0.2) is 24.3 Å². The van der Waals surface area contributed by atoms with E-state index in [0.29, 0.717) is 24.9 Å². The van der Waals surface area contributed by atoms with Crippen LogP contribution < -0.4 is 4.90 Å². The molecule has 3 aliphatic rings. The number of carbonyl (C=O) groups excluding carboxylic acids is 1. The van der Waals surface area contributed by atoms with Crippen molar-refractivity contribution in [2.45, 2.75) is 50.0 Å². The highest BCUT2D eigenvalue weighted by Crippen LogP contribution is 2.50.